The number of aryl methyl sites for hydroxylation is 1. The Balaban J connectivity index is 2.04. The van der Waals surface area contributed by atoms with Gasteiger partial charge in [-0.3, -0.25) is 0 Å². The van der Waals surface area contributed by atoms with Crippen molar-refractivity contribution in [1.29, 1.82) is 0 Å². The molecule has 0 atom stereocenters. The van der Waals surface area contributed by atoms with Crippen LogP contribution in [-0.4, -0.2) is 9.55 Å². The molecule has 1 aromatic heterocycles. The van der Waals surface area contributed by atoms with E-state index in [0.29, 0.717) is 12.5 Å². The Kier molecular flexibility index (Phi) is 3.08. The summed E-state index contributed by atoms with van der Waals surface area (Å²) in [5.74, 6) is 1.91. The van der Waals surface area contributed by atoms with E-state index in [2.05, 4.69) is 29.8 Å². The number of nitrogens with zero attached hydrogens (tertiary/aromatic N) is 2. The summed E-state index contributed by atoms with van der Waals surface area (Å²) >= 11 is 0. The topological polar surface area (TPSA) is 43.8 Å². The molecule has 3 nitrogen and oxygen atoms in total. The van der Waals surface area contributed by atoms with Gasteiger partial charge in [0, 0.05) is 19.5 Å². The van der Waals surface area contributed by atoms with Crippen LogP contribution in [0.4, 0.5) is 0 Å². The quantitative estimate of drug-likeness (QED) is 0.881. The van der Waals surface area contributed by atoms with Crippen LogP contribution in [0.2, 0.25) is 0 Å². The zero-order valence-electron chi connectivity index (χ0n) is 11.0. The highest BCUT2D eigenvalue weighted by Gasteiger charge is 2.20. The molecule has 96 valence electrons. The van der Waals surface area contributed by atoms with Crippen LogP contribution in [0, 0.1) is 0 Å². The molecule has 1 fully saturated rings. The normalized spacial score (nSPS) is 17.4. The molecule has 0 radical (unpaired) electrons. The molecule has 1 heterocycles. The number of rotatable bonds is 2. The summed E-state index contributed by atoms with van der Waals surface area (Å²) < 4.78 is 2.27. The van der Waals surface area contributed by atoms with Crippen LogP contribution in [0.3, 0.4) is 0 Å². The predicted octanol–water partition coefficient (Wildman–Crippen LogP) is 3.08. The SMILES string of the molecule is Cn1c(C2CCCCC2)nc2ccc(CN)cc21. The second-order valence-electron chi connectivity index (χ2n) is 5.39. The highest BCUT2D eigenvalue weighted by molar-refractivity contribution is 5.77. The number of benzene rings is 1. The van der Waals surface area contributed by atoms with Crippen LogP contribution < -0.4 is 5.73 Å². The van der Waals surface area contributed by atoms with Gasteiger partial charge in [0.2, 0.25) is 0 Å². The molecule has 3 heteroatoms. The standard InChI is InChI=1S/C15H21N3/c1-18-14-9-11(10-16)7-8-13(14)17-15(18)12-5-3-2-4-6-12/h7-9,12H,2-6,10,16H2,1H3. The van der Waals surface area contributed by atoms with E-state index >= 15 is 0 Å². The van der Waals surface area contributed by atoms with E-state index in [1.54, 1.807) is 0 Å². The van der Waals surface area contributed by atoms with Gasteiger partial charge in [0.1, 0.15) is 5.82 Å². The Morgan fingerprint density at radius 3 is 2.78 bits per heavy atom. The molecular formula is C15H21N3. The Morgan fingerprint density at radius 2 is 2.06 bits per heavy atom. The lowest BCUT2D eigenvalue weighted by atomic mass is 9.89. The monoisotopic (exact) mass is 243 g/mol. The third-order valence-corrected chi connectivity index (χ3v) is 4.19. The summed E-state index contributed by atoms with van der Waals surface area (Å²) in [6.45, 7) is 0.597. The van der Waals surface area contributed by atoms with E-state index in [1.807, 2.05) is 0 Å². The smallest absolute Gasteiger partial charge is 0.112 e. The average Bonchev–Trinajstić information content (AvgIpc) is 2.77. The summed E-state index contributed by atoms with van der Waals surface area (Å²) in [7, 11) is 2.14. The number of nitrogens with two attached hydrogens (primary N) is 1. The molecule has 0 bridgehead atoms. The van der Waals surface area contributed by atoms with Gasteiger partial charge in [0.15, 0.2) is 0 Å². The highest BCUT2D eigenvalue weighted by atomic mass is 15.1. The van der Waals surface area contributed by atoms with Crippen molar-refractivity contribution in [3.63, 3.8) is 0 Å². The number of hydrogen-bond donors (Lipinski definition) is 1. The van der Waals surface area contributed by atoms with E-state index in [1.165, 1.54) is 49.0 Å². The van der Waals surface area contributed by atoms with Crippen molar-refractivity contribution in [3.05, 3.63) is 29.6 Å². The lowest BCUT2D eigenvalue weighted by molar-refractivity contribution is 0.423. The molecule has 3 rings (SSSR count). The summed E-state index contributed by atoms with van der Waals surface area (Å²) in [6.07, 6.45) is 6.67. The molecule has 0 saturated heterocycles. The number of aromatic nitrogens is 2. The lowest BCUT2D eigenvalue weighted by Crippen LogP contribution is -2.10. The number of hydrogen-bond acceptors (Lipinski definition) is 2. The summed E-state index contributed by atoms with van der Waals surface area (Å²) in [5.41, 5.74) is 9.22. The molecule has 1 aromatic carbocycles. The fourth-order valence-electron chi connectivity index (χ4n) is 3.11. The Hall–Kier alpha value is -1.35. The van der Waals surface area contributed by atoms with Crippen molar-refractivity contribution in [3.8, 4) is 0 Å². The summed E-state index contributed by atoms with van der Waals surface area (Å²) in [5, 5.41) is 0. The van der Waals surface area contributed by atoms with Gasteiger partial charge in [0.05, 0.1) is 11.0 Å². The Labute approximate surface area is 108 Å². The van der Waals surface area contributed by atoms with Crippen molar-refractivity contribution in [2.75, 3.05) is 0 Å². The molecule has 0 unspecified atom stereocenters. The van der Waals surface area contributed by atoms with Crippen LogP contribution in [0.5, 0.6) is 0 Å². The maximum absolute atomic E-state index is 5.71. The largest absolute Gasteiger partial charge is 0.331 e. The van der Waals surface area contributed by atoms with Crippen LogP contribution in [0.25, 0.3) is 11.0 Å². The van der Waals surface area contributed by atoms with E-state index in [4.69, 9.17) is 10.7 Å². The first-order valence-corrected chi connectivity index (χ1v) is 6.95. The molecule has 1 aliphatic carbocycles. The average molecular weight is 243 g/mol. The molecule has 1 saturated carbocycles. The molecule has 0 amide bonds. The maximum Gasteiger partial charge on any atom is 0.112 e. The minimum absolute atomic E-state index is 0.597. The van der Waals surface area contributed by atoms with E-state index in [9.17, 15) is 0 Å². The Bertz CT molecular complexity index is 550. The highest BCUT2D eigenvalue weighted by Crippen LogP contribution is 2.33. The third kappa shape index (κ3) is 1.93. The van der Waals surface area contributed by atoms with Crippen molar-refractivity contribution in [1.82, 2.24) is 9.55 Å². The molecule has 2 aromatic rings. The van der Waals surface area contributed by atoms with Crippen LogP contribution in [-0.2, 0) is 13.6 Å². The second-order valence-corrected chi connectivity index (χ2v) is 5.39. The van der Waals surface area contributed by atoms with E-state index in [-0.39, 0.29) is 0 Å². The van der Waals surface area contributed by atoms with Gasteiger partial charge in [-0.15, -0.1) is 0 Å². The minimum atomic E-state index is 0.597. The fraction of sp³-hybridized carbons (Fsp3) is 0.533. The molecule has 0 aliphatic heterocycles. The van der Waals surface area contributed by atoms with E-state index in [0.717, 1.165) is 5.52 Å². The maximum atomic E-state index is 5.71. The van der Waals surface area contributed by atoms with Gasteiger partial charge in [-0.05, 0) is 30.5 Å². The third-order valence-electron chi connectivity index (χ3n) is 4.19. The van der Waals surface area contributed by atoms with Crippen LogP contribution in [0.15, 0.2) is 18.2 Å². The van der Waals surface area contributed by atoms with E-state index < -0.39 is 0 Å². The Morgan fingerprint density at radius 1 is 1.28 bits per heavy atom. The van der Waals surface area contributed by atoms with Gasteiger partial charge in [-0.1, -0.05) is 25.3 Å². The molecule has 18 heavy (non-hydrogen) atoms. The fourth-order valence-corrected chi connectivity index (χ4v) is 3.11. The molecule has 1 aliphatic rings. The first-order valence-electron chi connectivity index (χ1n) is 6.95. The molecule has 0 spiro atoms. The first kappa shape index (κ1) is 11.7. The van der Waals surface area contributed by atoms with Crippen molar-refractivity contribution in [2.45, 2.75) is 44.6 Å². The van der Waals surface area contributed by atoms with Crippen molar-refractivity contribution < 1.29 is 0 Å². The van der Waals surface area contributed by atoms with Crippen LogP contribution >= 0.6 is 0 Å². The van der Waals surface area contributed by atoms with Gasteiger partial charge in [-0.25, -0.2) is 4.98 Å². The minimum Gasteiger partial charge on any atom is -0.331 e. The van der Waals surface area contributed by atoms with Gasteiger partial charge in [-0.2, -0.15) is 0 Å². The number of imidazole rings is 1. The number of fused-ring (bicyclic) bond motifs is 1. The second kappa shape index (κ2) is 4.73. The predicted molar refractivity (Wildman–Crippen MR) is 74.4 cm³/mol. The molecular weight excluding hydrogens is 222 g/mol. The summed E-state index contributed by atoms with van der Waals surface area (Å²) in [4.78, 5) is 4.83. The lowest BCUT2D eigenvalue weighted by Gasteiger charge is -2.21. The van der Waals surface area contributed by atoms with Crippen molar-refractivity contribution in [2.24, 2.45) is 12.8 Å². The summed E-state index contributed by atoms with van der Waals surface area (Å²) in [6, 6.07) is 6.36. The van der Waals surface area contributed by atoms with Crippen molar-refractivity contribution >= 4 is 11.0 Å². The first-order chi connectivity index (χ1) is 8.79. The zero-order valence-corrected chi connectivity index (χ0v) is 11.0. The van der Waals surface area contributed by atoms with Crippen LogP contribution in [0.1, 0.15) is 49.4 Å². The zero-order chi connectivity index (χ0) is 12.5. The van der Waals surface area contributed by atoms with Gasteiger partial charge < -0.3 is 10.3 Å². The van der Waals surface area contributed by atoms with Gasteiger partial charge in [0.25, 0.3) is 0 Å². The molecule has 2 N–H and O–H groups in total. The van der Waals surface area contributed by atoms with Gasteiger partial charge >= 0.3 is 0 Å².